The number of anilines is 3. The van der Waals surface area contributed by atoms with Gasteiger partial charge in [0.2, 0.25) is 5.91 Å². The second-order valence-electron chi connectivity index (χ2n) is 10.6. The highest BCUT2D eigenvalue weighted by Gasteiger charge is 2.35. The molecule has 1 aromatic heterocycles. The third-order valence-electron chi connectivity index (χ3n) is 7.59. The number of furan rings is 1. The van der Waals surface area contributed by atoms with Gasteiger partial charge in [0.05, 0.1) is 29.1 Å². The minimum Gasteiger partial charge on any atom is -0.462 e. The molecule has 2 amide bonds. The zero-order valence-electron chi connectivity index (χ0n) is 23.8. The van der Waals surface area contributed by atoms with E-state index in [2.05, 4.69) is 5.32 Å². The molecule has 0 atom stereocenters. The van der Waals surface area contributed by atoms with E-state index in [0.717, 1.165) is 19.0 Å². The van der Waals surface area contributed by atoms with E-state index in [0.29, 0.717) is 62.7 Å². The summed E-state index contributed by atoms with van der Waals surface area (Å²) in [6.45, 7) is 4.50. The van der Waals surface area contributed by atoms with Gasteiger partial charge in [0.15, 0.2) is 5.76 Å². The van der Waals surface area contributed by atoms with E-state index < -0.39 is 23.6 Å². The van der Waals surface area contributed by atoms with E-state index in [-0.39, 0.29) is 29.5 Å². The van der Waals surface area contributed by atoms with E-state index in [1.165, 1.54) is 18.2 Å². The highest BCUT2D eigenvalue weighted by atomic mass is 19.4. The van der Waals surface area contributed by atoms with Gasteiger partial charge in [0.25, 0.3) is 5.91 Å². The van der Waals surface area contributed by atoms with Gasteiger partial charge in [-0.15, -0.1) is 0 Å². The number of ether oxygens (including phenoxy) is 1. The van der Waals surface area contributed by atoms with Crippen LogP contribution in [0.15, 0.2) is 59.0 Å². The molecule has 5 rings (SSSR count). The first-order chi connectivity index (χ1) is 20.6. The van der Waals surface area contributed by atoms with Crippen LogP contribution in [0.2, 0.25) is 0 Å². The molecule has 3 aromatic rings. The number of amides is 2. The SMILES string of the molecule is Cc1ccc(C(=O)Nc2cc(C(=O)OCCCN3CCCC3=O)ccc2N2CCN(c3ccccc3C(F)(F)F)CC2)o1. The molecule has 0 radical (unpaired) electrons. The average molecular weight is 599 g/mol. The van der Waals surface area contributed by atoms with Crippen LogP contribution in [0.3, 0.4) is 0 Å². The minimum atomic E-state index is -4.47. The Labute approximate surface area is 247 Å². The maximum absolute atomic E-state index is 13.6. The van der Waals surface area contributed by atoms with E-state index in [1.807, 2.05) is 4.90 Å². The van der Waals surface area contributed by atoms with Crippen molar-refractivity contribution in [2.75, 3.05) is 61.0 Å². The summed E-state index contributed by atoms with van der Waals surface area (Å²) in [5.74, 6) is -0.306. The van der Waals surface area contributed by atoms with Gasteiger partial charge >= 0.3 is 12.1 Å². The lowest BCUT2D eigenvalue weighted by Gasteiger charge is -2.39. The molecule has 9 nitrogen and oxygen atoms in total. The van der Waals surface area contributed by atoms with Crippen LogP contribution in [-0.2, 0) is 15.7 Å². The lowest BCUT2D eigenvalue weighted by Crippen LogP contribution is -2.47. The summed E-state index contributed by atoms with van der Waals surface area (Å²) in [5.41, 5.74) is 0.637. The van der Waals surface area contributed by atoms with Gasteiger partial charge in [-0.3, -0.25) is 9.59 Å². The van der Waals surface area contributed by atoms with Crippen LogP contribution in [0, 0.1) is 6.92 Å². The number of nitrogens with one attached hydrogen (secondary N) is 1. The number of piperazine rings is 1. The number of carbonyl (C=O) groups excluding carboxylic acids is 3. The van der Waals surface area contributed by atoms with Gasteiger partial charge in [0.1, 0.15) is 5.76 Å². The molecule has 2 aliphatic heterocycles. The van der Waals surface area contributed by atoms with Crippen molar-refractivity contribution >= 4 is 34.8 Å². The quantitative estimate of drug-likeness (QED) is 0.262. The summed E-state index contributed by atoms with van der Waals surface area (Å²) in [6.07, 6.45) is -2.56. The molecule has 0 aliphatic carbocycles. The number of alkyl halides is 3. The van der Waals surface area contributed by atoms with E-state index in [1.54, 1.807) is 47.1 Å². The summed E-state index contributed by atoms with van der Waals surface area (Å²) in [4.78, 5) is 43.1. The third kappa shape index (κ3) is 7.12. The molecule has 2 fully saturated rings. The van der Waals surface area contributed by atoms with Crippen molar-refractivity contribution in [2.24, 2.45) is 0 Å². The van der Waals surface area contributed by atoms with Crippen molar-refractivity contribution in [2.45, 2.75) is 32.4 Å². The van der Waals surface area contributed by atoms with Gasteiger partial charge in [-0.05, 0) is 62.2 Å². The molecule has 2 saturated heterocycles. The number of carbonyl (C=O) groups is 3. The van der Waals surface area contributed by atoms with Crippen LogP contribution in [0.1, 0.15) is 51.5 Å². The number of hydrogen-bond acceptors (Lipinski definition) is 7. The van der Waals surface area contributed by atoms with Crippen molar-refractivity contribution in [3.05, 3.63) is 77.2 Å². The van der Waals surface area contributed by atoms with Crippen LogP contribution in [0.25, 0.3) is 0 Å². The van der Waals surface area contributed by atoms with E-state index in [9.17, 15) is 27.6 Å². The van der Waals surface area contributed by atoms with E-state index in [4.69, 9.17) is 9.15 Å². The predicted molar refractivity (Wildman–Crippen MR) is 154 cm³/mol. The minimum absolute atomic E-state index is 0.0986. The molecule has 0 unspecified atom stereocenters. The zero-order chi connectivity index (χ0) is 30.6. The number of esters is 1. The van der Waals surface area contributed by atoms with Crippen molar-refractivity contribution in [1.29, 1.82) is 0 Å². The maximum atomic E-state index is 13.6. The number of benzene rings is 2. The summed E-state index contributed by atoms with van der Waals surface area (Å²) in [7, 11) is 0. The smallest absolute Gasteiger partial charge is 0.418 e. The fourth-order valence-corrected chi connectivity index (χ4v) is 5.40. The van der Waals surface area contributed by atoms with Gasteiger partial charge in [0, 0.05) is 51.4 Å². The Balaban J connectivity index is 1.30. The molecular formula is C31H33F3N4O5. The molecule has 43 heavy (non-hydrogen) atoms. The van der Waals surface area contributed by atoms with Gasteiger partial charge in [-0.1, -0.05) is 12.1 Å². The first kappa shape index (κ1) is 30.0. The molecule has 0 saturated carbocycles. The molecule has 228 valence electrons. The number of halogens is 3. The molecule has 0 spiro atoms. The lowest BCUT2D eigenvalue weighted by molar-refractivity contribution is -0.137. The number of likely N-dealkylation sites (tertiary alicyclic amines) is 1. The Kier molecular flexibility index (Phi) is 8.93. The number of aryl methyl sites for hydroxylation is 1. The highest BCUT2D eigenvalue weighted by molar-refractivity contribution is 6.05. The molecule has 0 bridgehead atoms. The second-order valence-corrected chi connectivity index (χ2v) is 10.6. The monoisotopic (exact) mass is 598 g/mol. The van der Waals surface area contributed by atoms with Crippen molar-refractivity contribution in [3.8, 4) is 0 Å². The average Bonchev–Trinajstić information content (AvgIpc) is 3.62. The van der Waals surface area contributed by atoms with Crippen LogP contribution in [-0.4, -0.2) is 68.6 Å². The normalized spacial score (nSPS) is 15.6. The van der Waals surface area contributed by atoms with Crippen LogP contribution in [0.4, 0.5) is 30.2 Å². The molecule has 2 aromatic carbocycles. The Morgan fingerprint density at radius 2 is 1.67 bits per heavy atom. The Hall–Kier alpha value is -4.48. The Bertz CT molecular complexity index is 1480. The Morgan fingerprint density at radius 3 is 2.33 bits per heavy atom. The standard InChI is InChI=1S/C31H33F3N4O5/c1-21-9-12-27(43-21)29(40)35-24-20-22(30(41)42-19-5-14-38-13-4-8-28(38)39)10-11-26(24)37-17-15-36(16-18-37)25-7-3-2-6-23(25)31(32,33)34/h2-3,6-7,9-12,20H,4-5,8,13-19H2,1H3,(H,35,40). The summed E-state index contributed by atoms with van der Waals surface area (Å²) < 4.78 is 51.7. The largest absolute Gasteiger partial charge is 0.462 e. The number of nitrogens with zero attached hydrogens (tertiary/aromatic N) is 3. The fourth-order valence-electron chi connectivity index (χ4n) is 5.40. The zero-order valence-corrected chi connectivity index (χ0v) is 23.8. The van der Waals surface area contributed by atoms with Crippen LogP contribution < -0.4 is 15.1 Å². The summed E-state index contributed by atoms with van der Waals surface area (Å²) in [5, 5.41) is 2.83. The van der Waals surface area contributed by atoms with Gasteiger partial charge in [-0.25, -0.2) is 4.79 Å². The second kappa shape index (κ2) is 12.8. The summed E-state index contributed by atoms with van der Waals surface area (Å²) in [6, 6.07) is 13.5. The molecular weight excluding hydrogens is 565 g/mol. The lowest BCUT2D eigenvalue weighted by atomic mass is 10.1. The third-order valence-corrected chi connectivity index (χ3v) is 7.59. The van der Waals surface area contributed by atoms with Crippen molar-refractivity contribution in [1.82, 2.24) is 4.90 Å². The number of para-hydroxylation sites is 1. The molecule has 12 heteroatoms. The molecule has 3 heterocycles. The van der Waals surface area contributed by atoms with Crippen LogP contribution >= 0.6 is 0 Å². The van der Waals surface area contributed by atoms with E-state index >= 15 is 0 Å². The topological polar surface area (TPSA) is 95.3 Å². The molecule has 1 N–H and O–H groups in total. The van der Waals surface area contributed by atoms with Crippen molar-refractivity contribution < 1.29 is 36.7 Å². The number of hydrogen-bond donors (Lipinski definition) is 1. The predicted octanol–water partition coefficient (Wildman–Crippen LogP) is 5.36. The molecule has 2 aliphatic rings. The van der Waals surface area contributed by atoms with Gasteiger partial charge < -0.3 is 29.2 Å². The first-order valence-electron chi connectivity index (χ1n) is 14.2. The fraction of sp³-hybridized carbons (Fsp3) is 0.387. The van der Waals surface area contributed by atoms with Gasteiger partial charge in [-0.2, -0.15) is 13.2 Å². The highest BCUT2D eigenvalue weighted by Crippen LogP contribution is 2.37. The van der Waals surface area contributed by atoms with Crippen molar-refractivity contribution in [3.63, 3.8) is 0 Å². The summed E-state index contributed by atoms with van der Waals surface area (Å²) >= 11 is 0. The Morgan fingerprint density at radius 1 is 0.953 bits per heavy atom. The van der Waals surface area contributed by atoms with Crippen LogP contribution in [0.5, 0.6) is 0 Å². The maximum Gasteiger partial charge on any atom is 0.418 e. The number of rotatable bonds is 9. The first-order valence-corrected chi connectivity index (χ1v) is 14.2.